The average molecular weight is 237 g/mol. The average Bonchev–Trinajstić information content (AvgIpc) is 2.65. The molecule has 0 aliphatic heterocycles. The lowest BCUT2D eigenvalue weighted by molar-refractivity contribution is 1.10. The second kappa shape index (κ2) is 4.06. The van der Waals surface area contributed by atoms with Crippen LogP contribution in [-0.4, -0.2) is 24.3 Å². The van der Waals surface area contributed by atoms with Crippen LogP contribution in [0.2, 0.25) is 5.02 Å². The SMILES string of the molecule is CN(C)c1cc(-c2cn[nH]c2N)ccc1Cl. The second-order valence-corrected chi connectivity index (χ2v) is 4.17. The Balaban J connectivity index is 2.52. The molecule has 0 saturated heterocycles. The highest BCUT2D eigenvalue weighted by Crippen LogP contribution is 2.31. The van der Waals surface area contributed by atoms with Crippen molar-refractivity contribution >= 4 is 23.1 Å². The van der Waals surface area contributed by atoms with E-state index >= 15 is 0 Å². The molecule has 3 N–H and O–H groups in total. The predicted molar refractivity (Wildman–Crippen MR) is 67.8 cm³/mol. The third-order valence-electron chi connectivity index (χ3n) is 2.41. The highest BCUT2D eigenvalue weighted by atomic mass is 35.5. The van der Waals surface area contributed by atoms with Gasteiger partial charge in [0, 0.05) is 19.7 Å². The van der Waals surface area contributed by atoms with Crippen LogP contribution in [-0.2, 0) is 0 Å². The maximum absolute atomic E-state index is 6.10. The van der Waals surface area contributed by atoms with Gasteiger partial charge in [0.1, 0.15) is 5.82 Å². The summed E-state index contributed by atoms with van der Waals surface area (Å²) in [4.78, 5) is 1.96. The third-order valence-corrected chi connectivity index (χ3v) is 2.73. The van der Waals surface area contributed by atoms with Gasteiger partial charge in [-0.1, -0.05) is 17.7 Å². The minimum Gasteiger partial charge on any atom is -0.384 e. The second-order valence-electron chi connectivity index (χ2n) is 3.76. The zero-order chi connectivity index (χ0) is 11.7. The Kier molecular flexibility index (Phi) is 2.75. The summed E-state index contributed by atoms with van der Waals surface area (Å²) in [6.07, 6.45) is 1.71. The molecule has 1 aromatic heterocycles. The van der Waals surface area contributed by atoms with Gasteiger partial charge in [-0.3, -0.25) is 5.10 Å². The largest absolute Gasteiger partial charge is 0.384 e. The minimum absolute atomic E-state index is 0.562. The first-order valence-electron chi connectivity index (χ1n) is 4.85. The Morgan fingerprint density at radius 3 is 2.69 bits per heavy atom. The third kappa shape index (κ3) is 1.84. The number of aromatic amines is 1. The fraction of sp³-hybridized carbons (Fsp3) is 0.182. The summed E-state index contributed by atoms with van der Waals surface area (Å²) < 4.78 is 0. The van der Waals surface area contributed by atoms with Crippen LogP contribution in [0.25, 0.3) is 11.1 Å². The molecular weight excluding hydrogens is 224 g/mol. The van der Waals surface area contributed by atoms with Crippen LogP contribution in [0.3, 0.4) is 0 Å². The summed E-state index contributed by atoms with van der Waals surface area (Å²) in [5.41, 5.74) is 8.62. The van der Waals surface area contributed by atoms with Crippen LogP contribution in [0.15, 0.2) is 24.4 Å². The van der Waals surface area contributed by atoms with E-state index in [0.717, 1.165) is 21.8 Å². The number of hydrogen-bond acceptors (Lipinski definition) is 3. The Hall–Kier alpha value is -1.68. The number of hydrogen-bond donors (Lipinski definition) is 2. The molecule has 0 fully saturated rings. The molecule has 5 heteroatoms. The van der Waals surface area contributed by atoms with Crippen molar-refractivity contribution in [3.63, 3.8) is 0 Å². The van der Waals surface area contributed by atoms with Gasteiger partial charge in [-0.25, -0.2) is 0 Å². The number of halogens is 1. The van der Waals surface area contributed by atoms with Gasteiger partial charge in [0.2, 0.25) is 0 Å². The number of H-pyrrole nitrogens is 1. The van der Waals surface area contributed by atoms with E-state index in [0.29, 0.717) is 5.82 Å². The molecule has 2 rings (SSSR count). The molecule has 0 amide bonds. The lowest BCUT2D eigenvalue weighted by Gasteiger charge is -2.15. The number of aromatic nitrogens is 2. The van der Waals surface area contributed by atoms with E-state index < -0.39 is 0 Å². The number of nitrogens with one attached hydrogen (secondary N) is 1. The normalized spacial score (nSPS) is 10.4. The molecule has 0 radical (unpaired) electrons. The quantitative estimate of drug-likeness (QED) is 0.842. The Morgan fingerprint density at radius 2 is 2.12 bits per heavy atom. The van der Waals surface area contributed by atoms with E-state index in [-0.39, 0.29) is 0 Å². The molecule has 0 spiro atoms. The van der Waals surface area contributed by atoms with Gasteiger partial charge in [-0.2, -0.15) is 5.10 Å². The maximum atomic E-state index is 6.10. The fourth-order valence-electron chi connectivity index (χ4n) is 1.55. The highest BCUT2D eigenvalue weighted by Gasteiger charge is 2.08. The van der Waals surface area contributed by atoms with Crippen molar-refractivity contribution < 1.29 is 0 Å². The summed E-state index contributed by atoms with van der Waals surface area (Å²) in [5, 5.41) is 7.33. The fourth-order valence-corrected chi connectivity index (χ4v) is 1.84. The molecule has 0 bridgehead atoms. The Bertz CT molecular complexity index is 504. The molecular formula is C11H13ClN4. The first-order chi connectivity index (χ1) is 7.59. The summed E-state index contributed by atoms with van der Waals surface area (Å²) in [6, 6.07) is 5.78. The van der Waals surface area contributed by atoms with Crippen molar-refractivity contribution in [1.82, 2.24) is 10.2 Å². The first kappa shape index (κ1) is 10.8. The number of nitrogens with zero attached hydrogens (tertiary/aromatic N) is 2. The maximum Gasteiger partial charge on any atom is 0.126 e. The summed E-state index contributed by atoms with van der Waals surface area (Å²) >= 11 is 6.10. The van der Waals surface area contributed by atoms with E-state index in [1.54, 1.807) is 6.20 Å². The smallest absolute Gasteiger partial charge is 0.126 e. The number of benzene rings is 1. The van der Waals surface area contributed by atoms with Gasteiger partial charge < -0.3 is 10.6 Å². The van der Waals surface area contributed by atoms with Crippen LogP contribution >= 0.6 is 11.6 Å². The minimum atomic E-state index is 0.562. The number of rotatable bonds is 2. The number of nitrogens with two attached hydrogens (primary N) is 1. The molecule has 0 atom stereocenters. The predicted octanol–water partition coefficient (Wildman–Crippen LogP) is 2.38. The lowest BCUT2D eigenvalue weighted by Crippen LogP contribution is -2.09. The van der Waals surface area contributed by atoms with Gasteiger partial charge in [0.25, 0.3) is 0 Å². The van der Waals surface area contributed by atoms with Crippen LogP contribution < -0.4 is 10.6 Å². The monoisotopic (exact) mass is 236 g/mol. The lowest BCUT2D eigenvalue weighted by atomic mass is 10.1. The topological polar surface area (TPSA) is 57.9 Å². The number of anilines is 2. The summed E-state index contributed by atoms with van der Waals surface area (Å²) in [5.74, 6) is 0.562. The van der Waals surface area contributed by atoms with E-state index in [2.05, 4.69) is 10.2 Å². The van der Waals surface area contributed by atoms with Crippen molar-refractivity contribution in [3.05, 3.63) is 29.4 Å². The van der Waals surface area contributed by atoms with E-state index in [4.69, 9.17) is 17.3 Å². The molecule has 0 saturated carbocycles. The zero-order valence-corrected chi connectivity index (χ0v) is 9.92. The van der Waals surface area contributed by atoms with Gasteiger partial charge in [-0.05, 0) is 17.7 Å². The van der Waals surface area contributed by atoms with Crippen LogP contribution in [0.1, 0.15) is 0 Å². The van der Waals surface area contributed by atoms with Gasteiger partial charge in [-0.15, -0.1) is 0 Å². The highest BCUT2D eigenvalue weighted by molar-refractivity contribution is 6.33. The number of nitrogen functional groups attached to an aromatic ring is 1. The zero-order valence-electron chi connectivity index (χ0n) is 9.16. The first-order valence-corrected chi connectivity index (χ1v) is 5.23. The molecule has 0 unspecified atom stereocenters. The van der Waals surface area contributed by atoms with E-state index in [9.17, 15) is 0 Å². The standard InChI is InChI=1S/C11H13ClN4/c1-16(2)10-5-7(3-4-9(10)12)8-6-14-15-11(8)13/h3-6H,1-2H3,(H3,13,14,15). The molecule has 84 valence electrons. The van der Waals surface area contributed by atoms with Crippen LogP contribution in [0.4, 0.5) is 11.5 Å². The Morgan fingerprint density at radius 1 is 1.38 bits per heavy atom. The van der Waals surface area contributed by atoms with Gasteiger partial charge in [0.05, 0.1) is 16.9 Å². The molecule has 1 heterocycles. The van der Waals surface area contributed by atoms with Crippen LogP contribution in [0, 0.1) is 0 Å². The molecule has 2 aromatic rings. The molecule has 16 heavy (non-hydrogen) atoms. The Labute approximate surface area is 99.0 Å². The van der Waals surface area contributed by atoms with Gasteiger partial charge >= 0.3 is 0 Å². The van der Waals surface area contributed by atoms with Crippen LogP contribution in [0.5, 0.6) is 0 Å². The van der Waals surface area contributed by atoms with E-state index in [1.165, 1.54) is 0 Å². The molecule has 4 nitrogen and oxygen atoms in total. The van der Waals surface area contributed by atoms with Gasteiger partial charge in [0.15, 0.2) is 0 Å². The van der Waals surface area contributed by atoms with Crippen molar-refractivity contribution in [3.8, 4) is 11.1 Å². The summed E-state index contributed by atoms with van der Waals surface area (Å²) in [6.45, 7) is 0. The van der Waals surface area contributed by atoms with E-state index in [1.807, 2.05) is 37.2 Å². The van der Waals surface area contributed by atoms with Crippen molar-refractivity contribution in [2.75, 3.05) is 24.7 Å². The summed E-state index contributed by atoms with van der Waals surface area (Å²) in [7, 11) is 3.90. The van der Waals surface area contributed by atoms with Crippen molar-refractivity contribution in [2.45, 2.75) is 0 Å². The molecule has 0 aliphatic carbocycles. The molecule has 1 aromatic carbocycles. The van der Waals surface area contributed by atoms with Crippen molar-refractivity contribution in [1.29, 1.82) is 0 Å². The van der Waals surface area contributed by atoms with Crippen molar-refractivity contribution in [2.24, 2.45) is 0 Å². The molecule has 0 aliphatic rings.